The number of fused-ring (bicyclic) bond motifs is 2. The quantitative estimate of drug-likeness (QED) is 0.733. The highest BCUT2D eigenvalue weighted by atomic mass is 35.5. The van der Waals surface area contributed by atoms with Gasteiger partial charge in [-0.2, -0.15) is 0 Å². The first-order valence-electron chi connectivity index (χ1n) is 9.95. The topological polar surface area (TPSA) is 16.1 Å². The Kier molecular flexibility index (Phi) is 4.34. The Balaban J connectivity index is 1.56. The lowest BCUT2D eigenvalue weighted by atomic mass is 9.88. The number of hydrogen-bond donors (Lipinski definition) is 0. The van der Waals surface area contributed by atoms with Gasteiger partial charge in [0.2, 0.25) is 0 Å². The molecule has 1 saturated carbocycles. The van der Waals surface area contributed by atoms with E-state index in [0.29, 0.717) is 0 Å². The standard InChI is InChI=1S/C23H25ClN2/c24-20-7-8-21-19(14-20)6-5-18-2-1-11-25-23(18)22(21)17-9-12-26(13-10-17)15-16-3-4-16/h1-2,7-8,11,14,16H,3-6,9-10,12-13,15H2. The van der Waals surface area contributed by atoms with Crippen LogP contribution < -0.4 is 0 Å². The predicted octanol–water partition coefficient (Wildman–Crippen LogP) is 5.14. The summed E-state index contributed by atoms with van der Waals surface area (Å²) in [6, 6.07) is 10.7. The molecule has 2 fully saturated rings. The Labute approximate surface area is 160 Å². The number of nitrogens with zero attached hydrogens (tertiary/aromatic N) is 2. The summed E-state index contributed by atoms with van der Waals surface area (Å²) in [7, 11) is 0. The van der Waals surface area contributed by atoms with E-state index >= 15 is 0 Å². The number of hydrogen-bond acceptors (Lipinski definition) is 2. The van der Waals surface area contributed by atoms with Gasteiger partial charge in [-0.1, -0.05) is 29.3 Å². The molecule has 2 nitrogen and oxygen atoms in total. The summed E-state index contributed by atoms with van der Waals surface area (Å²) in [4.78, 5) is 7.50. The van der Waals surface area contributed by atoms with Gasteiger partial charge < -0.3 is 4.90 Å². The Bertz CT molecular complexity index is 856. The SMILES string of the molecule is Clc1ccc2c(c1)CCc1cccnc1C2=C1CCN(CC2CC2)CC1. The Morgan fingerprint density at radius 2 is 1.81 bits per heavy atom. The van der Waals surface area contributed by atoms with Gasteiger partial charge in [0.05, 0.1) is 5.69 Å². The second-order valence-corrected chi connectivity index (χ2v) is 8.47. The van der Waals surface area contributed by atoms with Crippen LogP contribution in [-0.2, 0) is 12.8 Å². The number of pyridine rings is 1. The zero-order valence-electron chi connectivity index (χ0n) is 15.2. The Morgan fingerprint density at radius 1 is 1.00 bits per heavy atom. The molecule has 2 aromatic rings. The van der Waals surface area contributed by atoms with Crippen LogP contribution in [-0.4, -0.2) is 29.5 Å². The number of aryl methyl sites for hydroxylation is 2. The number of piperidine rings is 1. The van der Waals surface area contributed by atoms with E-state index in [1.54, 1.807) is 5.57 Å². The summed E-state index contributed by atoms with van der Waals surface area (Å²) in [5.41, 5.74) is 8.30. The average molecular weight is 365 g/mol. The lowest BCUT2D eigenvalue weighted by Gasteiger charge is -2.30. The van der Waals surface area contributed by atoms with E-state index in [-0.39, 0.29) is 0 Å². The highest BCUT2D eigenvalue weighted by molar-refractivity contribution is 6.30. The minimum Gasteiger partial charge on any atom is -0.302 e. The molecule has 0 unspecified atom stereocenters. The van der Waals surface area contributed by atoms with Crippen molar-refractivity contribution < 1.29 is 0 Å². The molecule has 1 aromatic carbocycles. The predicted molar refractivity (Wildman–Crippen MR) is 108 cm³/mol. The second-order valence-electron chi connectivity index (χ2n) is 8.04. The highest BCUT2D eigenvalue weighted by Crippen LogP contribution is 2.39. The molecule has 134 valence electrons. The fourth-order valence-electron chi connectivity index (χ4n) is 4.55. The third-order valence-corrected chi connectivity index (χ3v) is 6.39. The van der Waals surface area contributed by atoms with Crippen LogP contribution in [0.4, 0.5) is 0 Å². The number of aromatic nitrogens is 1. The van der Waals surface area contributed by atoms with Crippen molar-refractivity contribution in [3.63, 3.8) is 0 Å². The maximum Gasteiger partial charge on any atom is 0.0739 e. The van der Waals surface area contributed by atoms with Crippen molar-refractivity contribution in [1.29, 1.82) is 0 Å². The molecule has 3 heteroatoms. The molecule has 0 atom stereocenters. The molecule has 5 rings (SSSR count). The number of halogens is 1. The zero-order valence-corrected chi connectivity index (χ0v) is 15.9. The van der Waals surface area contributed by atoms with E-state index in [1.165, 1.54) is 73.3 Å². The minimum absolute atomic E-state index is 0.839. The first kappa shape index (κ1) is 16.5. The largest absolute Gasteiger partial charge is 0.302 e. The van der Waals surface area contributed by atoms with E-state index in [4.69, 9.17) is 16.6 Å². The minimum atomic E-state index is 0.839. The van der Waals surface area contributed by atoms with E-state index in [0.717, 1.165) is 23.8 Å². The van der Waals surface area contributed by atoms with Crippen molar-refractivity contribution in [1.82, 2.24) is 9.88 Å². The molecule has 0 radical (unpaired) electrons. The average Bonchev–Trinajstić information content (AvgIpc) is 3.49. The van der Waals surface area contributed by atoms with Crippen LogP contribution in [0.5, 0.6) is 0 Å². The molecule has 1 aromatic heterocycles. The molecule has 26 heavy (non-hydrogen) atoms. The molecule has 2 aliphatic carbocycles. The maximum atomic E-state index is 6.31. The van der Waals surface area contributed by atoms with Gasteiger partial charge in [-0.15, -0.1) is 0 Å². The van der Waals surface area contributed by atoms with Crippen molar-refractivity contribution in [3.05, 3.63) is 69.5 Å². The summed E-state index contributed by atoms with van der Waals surface area (Å²) < 4.78 is 0. The number of rotatable bonds is 2. The zero-order chi connectivity index (χ0) is 17.5. The summed E-state index contributed by atoms with van der Waals surface area (Å²) in [5, 5.41) is 0.839. The second kappa shape index (κ2) is 6.83. The first-order valence-corrected chi connectivity index (χ1v) is 10.3. The monoisotopic (exact) mass is 364 g/mol. The van der Waals surface area contributed by atoms with Crippen LogP contribution in [0, 0.1) is 5.92 Å². The molecule has 3 aliphatic rings. The van der Waals surface area contributed by atoms with Crippen LogP contribution in [0.15, 0.2) is 42.1 Å². The molecule has 0 amide bonds. The van der Waals surface area contributed by atoms with Gasteiger partial charge in [0.25, 0.3) is 0 Å². The molecule has 2 heterocycles. The maximum absolute atomic E-state index is 6.31. The lowest BCUT2D eigenvalue weighted by Crippen LogP contribution is -2.32. The van der Waals surface area contributed by atoms with Gasteiger partial charge in [0, 0.05) is 36.4 Å². The van der Waals surface area contributed by atoms with Crippen LogP contribution in [0.3, 0.4) is 0 Å². The molecule has 1 saturated heterocycles. The van der Waals surface area contributed by atoms with E-state index in [2.05, 4.69) is 29.2 Å². The fraction of sp³-hybridized carbons (Fsp3) is 0.435. The van der Waals surface area contributed by atoms with E-state index in [9.17, 15) is 0 Å². The van der Waals surface area contributed by atoms with Crippen molar-refractivity contribution >= 4 is 17.2 Å². The van der Waals surface area contributed by atoms with Crippen LogP contribution in [0.25, 0.3) is 5.57 Å². The van der Waals surface area contributed by atoms with Crippen LogP contribution in [0.1, 0.15) is 48.1 Å². The Hall–Kier alpha value is -1.64. The summed E-state index contributed by atoms with van der Waals surface area (Å²) >= 11 is 6.31. The van der Waals surface area contributed by atoms with Crippen LogP contribution in [0.2, 0.25) is 5.02 Å². The summed E-state index contributed by atoms with van der Waals surface area (Å²) in [6.07, 6.45) is 9.24. The molecule has 0 N–H and O–H groups in total. The van der Waals surface area contributed by atoms with E-state index < -0.39 is 0 Å². The van der Waals surface area contributed by atoms with E-state index in [1.807, 2.05) is 12.3 Å². The van der Waals surface area contributed by atoms with Crippen molar-refractivity contribution in [2.45, 2.75) is 38.5 Å². The molecular formula is C23H25ClN2. The molecule has 1 aliphatic heterocycles. The number of benzene rings is 1. The van der Waals surface area contributed by atoms with Gasteiger partial charge in [0.15, 0.2) is 0 Å². The van der Waals surface area contributed by atoms with Crippen LogP contribution >= 0.6 is 11.6 Å². The third-order valence-electron chi connectivity index (χ3n) is 6.15. The smallest absolute Gasteiger partial charge is 0.0739 e. The van der Waals surface area contributed by atoms with Gasteiger partial charge >= 0.3 is 0 Å². The van der Waals surface area contributed by atoms with Gasteiger partial charge in [-0.05, 0) is 79.3 Å². The van der Waals surface area contributed by atoms with Gasteiger partial charge in [0.1, 0.15) is 0 Å². The normalized spacial score (nSPS) is 20.5. The number of likely N-dealkylation sites (tertiary alicyclic amines) is 1. The van der Waals surface area contributed by atoms with Crippen molar-refractivity contribution in [2.24, 2.45) is 5.92 Å². The molecule has 0 spiro atoms. The summed E-state index contributed by atoms with van der Waals surface area (Å²) in [5.74, 6) is 0.979. The third kappa shape index (κ3) is 3.21. The molecule has 0 bridgehead atoms. The first-order chi connectivity index (χ1) is 12.8. The molecular weight excluding hydrogens is 340 g/mol. The lowest BCUT2D eigenvalue weighted by molar-refractivity contribution is 0.247. The van der Waals surface area contributed by atoms with Gasteiger partial charge in [-0.25, -0.2) is 0 Å². The van der Waals surface area contributed by atoms with Gasteiger partial charge in [-0.3, -0.25) is 4.98 Å². The van der Waals surface area contributed by atoms with Crippen molar-refractivity contribution in [2.75, 3.05) is 19.6 Å². The Morgan fingerprint density at radius 3 is 2.62 bits per heavy atom. The summed E-state index contributed by atoms with van der Waals surface area (Å²) in [6.45, 7) is 3.70. The van der Waals surface area contributed by atoms with Crippen molar-refractivity contribution in [3.8, 4) is 0 Å². The highest BCUT2D eigenvalue weighted by Gasteiger charge is 2.28. The fourth-order valence-corrected chi connectivity index (χ4v) is 4.75.